The summed E-state index contributed by atoms with van der Waals surface area (Å²) in [6.45, 7) is 2.89. The first-order valence-electron chi connectivity index (χ1n) is 9.88. The highest BCUT2D eigenvalue weighted by atomic mass is 32.2. The number of benzene rings is 2. The van der Waals surface area contributed by atoms with Gasteiger partial charge in [0.15, 0.2) is 9.84 Å². The normalized spacial score (nSPS) is 18.8. The highest BCUT2D eigenvalue weighted by Gasteiger charge is 2.22. The zero-order valence-corrected chi connectivity index (χ0v) is 17.3. The molecule has 0 aliphatic carbocycles. The van der Waals surface area contributed by atoms with Gasteiger partial charge < -0.3 is 10.6 Å². The molecule has 0 atom stereocenters. The Morgan fingerprint density at radius 2 is 1.77 bits per heavy atom. The number of hydrogen-bond acceptors (Lipinski definition) is 5. The van der Waals surface area contributed by atoms with Crippen LogP contribution in [0.25, 0.3) is 0 Å². The van der Waals surface area contributed by atoms with Crippen molar-refractivity contribution in [3.8, 4) is 0 Å². The van der Waals surface area contributed by atoms with Gasteiger partial charge in [-0.2, -0.15) is 0 Å². The minimum Gasteiger partial charge on any atom is -0.336 e. The van der Waals surface area contributed by atoms with Crippen LogP contribution in [0.15, 0.2) is 48.5 Å². The summed E-state index contributed by atoms with van der Waals surface area (Å²) in [5.41, 5.74) is 2.95. The topological polar surface area (TPSA) is 98.8 Å². The van der Waals surface area contributed by atoms with Crippen LogP contribution in [0.3, 0.4) is 0 Å². The van der Waals surface area contributed by atoms with Crippen molar-refractivity contribution < 1.29 is 18.0 Å². The van der Waals surface area contributed by atoms with Crippen molar-refractivity contribution >= 4 is 33.2 Å². The third kappa shape index (κ3) is 4.80. The maximum absolute atomic E-state index is 12.7. The van der Waals surface area contributed by atoms with Gasteiger partial charge in [-0.05, 0) is 42.0 Å². The van der Waals surface area contributed by atoms with Crippen LogP contribution in [0.4, 0.5) is 16.2 Å². The lowest BCUT2D eigenvalue weighted by Crippen LogP contribution is -2.39. The predicted molar refractivity (Wildman–Crippen MR) is 116 cm³/mol. The van der Waals surface area contributed by atoms with Crippen LogP contribution in [0.1, 0.15) is 15.9 Å². The Balaban J connectivity index is 1.38. The number of urea groups is 1. The summed E-state index contributed by atoms with van der Waals surface area (Å²) in [4.78, 5) is 28.1. The molecule has 9 heteroatoms. The van der Waals surface area contributed by atoms with Gasteiger partial charge in [0.2, 0.25) is 0 Å². The molecule has 30 heavy (non-hydrogen) atoms. The molecule has 4 rings (SSSR count). The molecule has 3 amide bonds. The highest BCUT2D eigenvalue weighted by Crippen LogP contribution is 2.20. The smallest absolute Gasteiger partial charge is 0.321 e. The molecule has 2 aliphatic heterocycles. The zero-order chi connectivity index (χ0) is 21.1. The fraction of sp³-hybridized carbons (Fsp3) is 0.333. The molecule has 2 aromatic rings. The van der Waals surface area contributed by atoms with E-state index in [0.29, 0.717) is 44.0 Å². The number of sulfone groups is 1. The molecular weight excluding hydrogens is 404 g/mol. The molecule has 0 unspecified atom stereocenters. The Morgan fingerprint density at radius 3 is 2.43 bits per heavy atom. The van der Waals surface area contributed by atoms with Crippen LogP contribution in [0.5, 0.6) is 0 Å². The molecule has 0 aromatic heterocycles. The third-order valence-corrected chi connectivity index (χ3v) is 6.94. The molecular formula is C21H24N4O4S. The SMILES string of the molecule is O=C(Nc1ccc(N2CCNC2=O)cc1)c1cccc(CN2CCS(=O)(=O)CC2)c1. The summed E-state index contributed by atoms with van der Waals surface area (Å²) in [5.74, 6) is 0.148. The molecule has 0 saturated carbocycles. The molecule has 2 aliphatic rings. The van der Waals surface area contributed by atoms with E-state index < -0.39 is 9.84 Å². The maximum Gasteiger partial charge on any atom is 0.321 e. The summed E-state index contributed by atoms with van der Waals surface area (Å²) in [7, 11) is -2.91. The highest BCUT2D eigenvalue weighted by molar-refractivity contribution is 7.91. The van der Waals surface area contributed by atoms with Gasteiger partial charge in [0.05, 0.1) is 11.5 Å². The molecule has 2 heterocycles. The van der Waals surface area contributed by atoms with Crippen molar-refractivity contribution in [2.24, 2.45) is 0 Å². The number of amides is 3. The number of nitrogens with one attached hydrogen (secondary N) is 2. The lowest BCUT2D eigenvalue weighted by Gasteiger charge is -2.26. The van der Waals surface area contributed by atoms with E-state index in [1.54, 1.807) is 35.2 Å². The molecule has 0 bridgehead atoms. The first kappa shape index (κ1) is 20.4. The molecule has 2 N–H and O–H groups in total. The minimum absolute atomic E-state index is 0.116. The van der Waals surface area contributed by atoms with Gasteiger partial charge >= 0.3 is 6.03 Å². The van der Waals surface area contributed by atoms with Gasteiger partial charge in [-0.25, -0.2) is 13.2 Å². The molecule has 2 aromatic carbocycles. The third-order valence-electron chi connectivity index (χ3n) is 5.33. The number of carbonyl (C=O) groups excluding carboxylic acids is 2. The molecule has 8 nitrogen and oxygen atoms in total. The number of carbonyl (C=O) groups is 2. The minimum atomic E-state index is -2.91. The summed E-state index contributed by atoms with van der Waals surface area (Å²) < 4.78 is 23.2. The molecule has 2 fully saturated rings. The average Bonchev–Trinajstić information content (AvgIpc) is 3.16. The lowest BCUT2D eigenvalue weighted by atomic mass is 10.1. The zero-order valence-electron chi connectivity index (χ0n) is 16.5. The van der Waals surface area contributed by atoms with Crippen LogP contribution in [0, 0.1) is 0 Å². The Morgan fingerprint density at radius 1 is 1.03 bits per heavy atom. The average molecular weight is 429 g/mol. The van der Waals surface area contributed by atoms with Crippen LogP contribution >= 0.6 is 0 Å². The number of anilines is 2. The van der Waals surface area contributed by atoms with Crippen LogP contribution < -0.4 is 15.5 Å². The van der Waals surface area contributed by atoms with Crippen LogP contribution in [-0.4, -0.2) is 62.9 Å². The van der Waals surface area contributed by atoms with E-state index in [-0.39, 0.29) is 23.4 Å². The summed E-state index contributed by atoms with van der Waals surface area (Å²) in [6.07, 6.45) is 0. The van der Waals surface area contributed by atoms with Crippen LogP contribution in [-0.2, 0) is 16.4 Å². The Hall–Kier alpha value is -2.91. The molecule has 2 saturated heterocycles. The quantitative estimate of drug-likeness (QED) is 0.755. The Labute approximate surface area is 175 Å². The molecule has 0 spiro atoms. The van der Waals surface area contributed by atoms with Gasteiger partial charge in [0.25, 0.3) is 5.91 Å². The Kier molecular flexibility index (Phi) is 5.74. The standard InChI is InChI=1S/C21H24N4O4S/c26-20(23-18-4-6-19(7-5-18)25-9-8-22-21(25)27)17-3-1-2-16(14-17)15-24-10-12-30(28,29)13-11-24/h1-7,14H,8-13,15H2,(H,22,27)(H,23,26). The number of rotatable bonds is 5. The predicted octanol–water partition coefficient (Wildman–Crippen LogP) is 1.70. The van der Waals surface area contributed by atoms with Crippen molar-refractivity contribution in [2.45, 2.75) is 6.54 Å². The van der Waals surface area contributed by atoms with E-state index >= 15 is 0 Å². The molecule has 0 radical (unpaired) electrons. The van der Waals surface area contributed by atoms with Crippen LogP contribution in [0.2, 0.25) is 0 Å². The Bertz CT molecular complexity index is 1040. The second-order valence-electron chi connectivity index (χ2n) is 7.51. The van der Waals surface area contributed by atoms with E-state index in [4.69, 9.17) is 0 Å². The van der Waals surface area contributed by atoms with Crippen molar-refractivity contribution in [2.75, 3.05) is 47.9 Å². The van der Waals surface area contributed by atoms with E-state index in [1.807, 2.05) is 18.2 Å². The van der Waals surface area contributed by atoms with E-state index in [9.17, 15) is 18.0 Å². The monoisotopic (exact) mass is 428 g/mol. The molecule has 158 valence electrons. The van der Waals surface area contributed by atoms with Crippen molar-refractivity contribution in [3.05, 3.63) is 59.7 Å². The first-order chi connectivity index (χ1) is 14.4. The van der Waals surface area contributed by atoms with E-state index in [1.165, 1.54) is 0 Å². The second-order valence-corrected chi connectivity index (χ2v) is 9.82. The lowest BCUT2D eigenvalue weighted by molar-refractivity contribution is 0.102. The first-order valence-corrected chi connectivity index (χ1v) is 11.7. The number of hydrogen-bond donors (Lipinski definition) is 2. The van der Waals surface area contributed by atoms with Gasteiger partial charge in [0, 0.05) is 49.7 Å². The summed E-state index contributed by atoms with van der Waals surface area (Å²) in [6, 6.07) is 14.4. The van der Waals surface area contributed by atoms with Crippen molar-refractivity contribution in [3.63, 3.8) is 0 Å². The van der Waals surface area contributed by atoms with Gasteiger partial charge in [-0.1, -0.05) is 12.1 Å². The largest absolute Gasteiger partial charge is 0.336 e. The van der Waals surface area contributed by atoms with Gasteiger partial charge in [-0.3, -0.25) is 14.6 Å². The fourth-order valence-electron chi connectivity index (χ4n) is 3.62. The summed E-state index contributed by atoms with van der Waals surface area (Å²) >= 11 is 0. The fourth-order valence-corrected chi connectivity index (χ4v) is 4.90. The number of nitrogens with zero attached hydrogens (tertiary/aromatic N) is 2. The maximum atomic E-state index is 12.7. The van der Waals surface area contributed by atoms with Crippen molar-refractivity contribution in [1.82, 2.24) is 10.2 Å². The van der Waals surface area contributed by atoms with E-state index in [2.05, 4.69) is 15.5 Å². The second kappa shape index (κ2) is 8.45. The summed E-state index contributed by atoms with van der Waals surface area (Å²) in [5, 5.41) is 5.64. The van der Waals surface area contributed by atoms with Gasteiger partial charge in [0.1, 0.15) is 0 Å². The van der Waals surface area contributed by atoms with Crippen molar-refractivity contribution in [1.29, 1.82) is 0 Å². The van der Waals surface area contributed by atoms with E-state index in [0.717, 1.165) is 11.3 Å². The van der Waals surface area contributed by atoms with Gasteiger partial charge in [-0.15, -0.1) is 0 Å².